The molecule has 2 nitrogen and oxygen atoms in total. The number of alkyl halides is 3. The van der Waals surface area contributed by atoms with Crippen LogP contribution in [-0.2, 0) is 6.18 Å². The van der Waals surface area contributed by atoms with E-state index in [1.807, 2.05) is 0 Å². The van der Waals surface area contributed by atoms with Gasteiger partial charge in [0, 0.05) is 6.72 Å². The minimum absolute atomic E-state index is 0.475. The van der Waals surface area contributed by atoms with Gasteiger partial charge in [-0.25, -0.2) is 0 Å². The number of halogens is 3. The molecule has 13 heavy (non-hydrogen) atoms. The second-order valence-corrected chi connectivity index (χ2v) is 2.35. The minimum atomic E-state index is -4.29. The summed E-state index contributed by atoms with van der Waals surface area (Å²) in [4.78, 5) is 0. The Morgan fingerprint density at radius 3 is 2.08 bits per heavy atom. The summed E-state index contributed by atoms with van der Waals surface area (Å²) < 4.78 is 36.1. The number of hydrogen-bond donors (Lipinski definition) is 1. The maximum atomic E-state index is 12.0. The highest BCUT2D eigenvalue weighted by atomic mass is 19.4. The first-order chi connectivity index (χ1) is 6.04. The summed E-state index contributed by atoms with van der Waals surface area (Å²) in [5, 5.41) is 3.32. The minimum Gasteiger partial charge on any atom is -0.279 e. The van der Waals surface area contributed by atoms with Crippen molar-refractivity contribution in [2.75, 3.05) is 5.43 Å². The van der Waals surface area contributed by atoms with Crippen LogP contribution in [0.4, 0.5) is 18.9 Å². The van der Waals surface area contributed by atoms with Crippen LogP contribution in [-0.4, -0.2) is 6.72 Å². The van der Waals surface area contributed by atoms with Gasteiger partial charge in [0.05, 0.1) is 11.3 Å². The summed E-state index contributed by atoms with van der Waals surface area (Å²) >= 11 is 0. The van der Waals surface area contributed by atoms with Crippen LogP contribution in [0.25, 0.3) is 0 Å². The Kier molecular flexibility index (Phi) is 2.55. The van der Waals surface area contributed by atoms with Gasteiger partial charge in [0.2, 0.25) is 0 Å². The fourth-order valence-corrected chi connectivity index (χ4v) is 0.825. The Morgan fingerprint density at radius 1 is 1.15 bits per heavy atom. The Morgan fingerprint density at radius 2 is 1.69 bits per heavy atom. The Labute approximate surface area is 73.1 Å². The van der Waals surface area contributed by atoms with Crippen molar-refractivity contribution in [3.8, 4) is 0 Å². The van der Waals surface area contributed by atoms with Crippen LogP contribution in [0.2, 0.25) is 0 Å². The van der Waals surface area contributed by atoms with Crippen LogP contribution < -0.4 is 5.43 Å². The standard InChI is InChI=1S/C8H7F3N2/c1-12-13-7-4-2-6(3-5-7)8(9,10)11/h2-5,13H,1H2. The third-order valence-electron chi connectivity index (χ3n) is 1.42. The third kappa shape index (κ3) is 2.47. The van der Waals surface area contributed by atoms with Gasteiger partial charge >= 0.3 is 6.18 Å². The van der Waals surface area contributed by atoms with E-state index in [-0.39, 0.29) is 0 Å². The van der Waals surface area contributed by atoms with Crippen molar-refractivity contribution in [2.45, 2.75) is 6.18 Å². The normalized spacial score (nSPS) is 11.0. The lowest BCUT2D eigenvalue weighted by atomic mass is 10.2. The molecule has 1 aromatic rings. The number of anilines is 1. The summed E-state index contributed by atoms with van der Waals surface area (Å²) in [6.45, 7) is 3.14. The highest BCUT2D eigenvalue weighted by Crippen LogP contribution is 2.29. The summed E-state index contributed by atoms with van der Waals surface area (Å²) in [5.74, 6) is 0. The van der Waals surface area contributed by atoms with Crippen molar-refractivity contribution in [1.29, 1.82) is 0 Å². The van der Waals surface area contributed by atoms with Gasteiger partial charge < -0.3 is 0 Å². The lowest BCUT2D eigenvalue weighted by Gasteiger charge is -2.06. The second kappa shape index (κ2) is 3.47. The number of hydrazone groups is 1. The smallest absolute Gasteiger partial charge is 0.279 e. The van der Waals surface area contributed by atoms with Gasteiger partial charge in [-0.1, -0.05) is 0 Å². The fraction of sp³-hybridized carbons (Fsp3) is 0.125. The summed E-state index contributed by atoms with van der Waals surface area (Å²) in [6, 6.07) is 4.54. The molecule has 1 aromatic carbocycles. The molecule has 0 fully saturated rings. The molecule has 0 saturated heterocycles. The second-order valence-electron chi connectivity index (χ2n) is 2.35. The molecule has 1 N–H and O–H groups in total. The van der Waals surface area contributed by atoms with Crippen molar-refractivity contribution < 1.29 is 13.2 Å². The van der Waals surface area contributed by atoms with Gasteiger partial charge in [-0.2, -0.15) is 18.3 Å². The van der Waals surface area contributed by atoms with E-state index in [4.69, 9.17) is 0 Å². The highest BCUT2D eigenvalue weighted by molar-refractivity contribution is 5.46. The Bertz CT molecular complexity index is 289. The zero-order valence-corrected chi connectivity index (χ0v) is 6.60. The van der Waals surface area contributed by atoms with Crippen molar-refractivity contribution in [1.82, 2.24) is 0 Å². The van der Waals surface area contributed by atoms with E-state index >= 15 is 0 Å². The van der Waals surface area contributed by atoms with Gasteiger partial charge in [0.15, 0.2) is 0 Å². The molecule has 0 spiro atoms. The van der Waals surface area contributed by atoms with Gasteiger partial charge in [0.1, 0.15) is 0 Å². The maximum Gasteiger partial charge on any atom is 0.416 e. The zero-order valence-electron chi connectivity index (χ0n) is 6.60. The van der Waals surface area contributed by atoms with E-state index in [1.54, 1.807) is 0 Å². The molecule has 0 amide bonds. The Hall–Kier alpha value is -1.52. The molecule has 0 atom stereocenters. The third-order valence-corrected chi connectivity index (χ3v) is 1.42. The summed E-state index contributed by atoms with van der Waals surface area (Å²) in [6.07, 6.45) is -4.29. The average Bonchev–Trinajstić information content (AvgIpc) is 2.04. The molecule has 1 rings (SSSR count). The number of nitrogens with zero attached hydrogens (tertiary/aromatic N) is 1. The van der Waals surface area contributed by atoms with Crippen molar-refractivity contribution in [2.24, 2.45) is 5.10 Å². The molecule has 0 aliphatic rings. The first-order valence-corrected chi connectivity index (χ1v) is 3.43. The largest absolute Gasteiger partial charge is 0.416 e. The maximum absolute atomic E-state index is 12.0. The predicted molar refractivity (Wildman–Crippen MR) is 44.6 cm³/mol. The monoisotopic (exact) mass is 188 g/mol. The van der Waals surface area contributed by atoms with Crippen LogP contribution in [0.15, 0.2) is 29.4 Å². The molecule has 0 aromatic heterocycles. The van der Waals surface area contributed by atoms with E-state index in [1.165, 1.54) is 12.1 Å². The number of nitrogens with one attached hydrogen (secondary N) is 1. The summed E-state index contributed by atoms with van der Waals surface area (Å²) in [5.41, 5.74) is 2.23. The Balaban J connectivity index is 2.87. The fourth-order valence-electron chi connectivity index (χ4n) is 0.825. The number of hydrogen-bond acceptors (Lipinski definition) is 2. The molecular formula is C8H7F3N2. The van der Waals surface area contributed by atoms with Crippen LogP contribution in [0.5, 0.6) is 0 Å². The van der Waals surface area contributed by atoms with Crippen LogP contribution >= 0.6 is 0 Å². The van der Waals surface area contributed by atoms with E-state index in [2.05, 4.69) is 17.2 Å². The SMILES string of the molecule is C=NNc1ccc(C(F)(F)F)cc1. The summed E-state index contributed by atoms with van der Waals surface area (Å²) in [7, 11) is 0. The van der Waals surface area contributed by atoms with Crippen LogP contribution in [0.1, 0.15) is 5.56 Å². The molecule has 5 heteroatoms. The zero-order chi connectivity index (χ0) is 9.90. The predicted octanol–water partition coefficient (Wildman–Crippen LogP) is 2.73. The lowest BCUT2D eigenvalue weighted by molar-refractivity contribution is -0.137. The molecule has 0 unspecified atom stereocenters. The van der Waals surface area contributed by atoms with Crippen molar-refractivity contribution in [3.63, 3.8) is 0 Å². The van der Waals surface area contributed by atoms with Crippen molar-refractivity contribution in [3.05, 3.63) is 29.8 Å². The molecular weight excluding hydrogens is 181 g/mol. The number of rotatable bonds is 2. The molecule has 0 bridgehead atoms. The molecule has 0 saturated carbocycles. The van der Waals surface area contributed by atoms with E-state index in [0.717, 1.165) is 12.1 Å². The van der Waals surface area contributed by atoms with E-state index < -0.39 is 11.7 Å². The molecule has 0 aliphatic carbocycles. The van der Waals surface area contributed by atoms with Gasteiger partial charge in [-0.15, -0.1) is 0 Å². The van der Waals surface area contributed by atoms with E-state index in [9.17, 15) is 13.2 Å². The van der Waals surface area contributed by atoms with Crippen molar-refractivity contribution >= 4 is 12.4 Å². The van der Waals surface area contributed by atoms with Gasteiger partial charge in [-0.3, -0.25) is 5.43 Å². The topological polar surface area (TPSA) is 24.4 Å². The highest BCUT2D eigenvalue weighted by Gasteiger charge is 2.29. The lowest BCUT2D eigenvalue weighted by Crippen LogP contribution is -2.04. The number of benzene rings is 1. The van der Waals surface area contributed by atoms with Gasteiger partial charge in [0.25, 0.3) is 0 Å². The van der Waals surface area contributed by atoms with Crippen LogP contribution in [0, 0.1) is 0 Å². The molecule has 0 radical (unpaired) electrons. The first kappa shape index (κ1) is 9.57. The van der Waals surface area contributed by atoms with Gasteiger partial charge in [-0.05, 0) is 24.3 Å². The van der Waals surface area contributed by atoms with Crippen LogP contribution in [0.3, 0.4) is 0 Å². The quantitative estimate of drug-likeness (QED) is 0.560. The molecule has 0 aliphatic heterocycles. The van der Waals surface area contributed by atoms with E-state index in [0.29, 0.717) is 5.69 Å². The molecule has 0 heterocycles. The average molecular weight is 188 g/mol. The first-order valence-electron chi connectivity index (χ1n) is 3.43. The molecule has 70 valence electrons.